The van der Waals surface area contributed by atoms with Crippen LogP contribution in [0, 0.1) is 11.6 Å². The maximum absolute atomic E-state index is 13.0. The molecule has 1 saturated heterocycles. The van der Waals surface area contributed by atoms with Crippen molar-refractivity contribution in [3.05, 3.63) is 35.4 Å². The molecule has 0 radical (unpaired) electrons. The van der Waals surface area contributed by atoms with Gasteiger partial charge in [-0.15, -0.1) is 0 Å². The summed E-state index contributed by atoms with van der Waals surface area (Å²) in [6, 6.07) is 3.54. The summed E-state index contributed by atoms with van der Waals surface area (Å²) in [4.78, 5) is 0. The molecular weight excluding hydrogens is 200 g/mol. The SMILES string of the molecule is Fc1cc(F)cc(C2CCNCCO2)c1. The smallest absolute Gasteiger partial charge is 0.126 e. The highest BCUT2D eigenvalue weighted by Gasteiger charge is 2.16. The van der Waals surface area contributed by atoms with Crippen LogP contribution < -0.4 is 5.32 Å². The maximum atomic E-state index is 13.0. The Morgan fingerprint density at radius 2 is 1.87 bits per heavy atom. The molecule has 82 valence electrons. The lowest BCUT2D eigenvalue weighted by molar-refractivity contribution is 0.0640. The van der Waals surface area contributed by atoms with Crippen LogP contribution in [0.15, 0.2) is 18.2 Å². The molecule has 1 aromatic rings. The van der Waals surface area contributed by atoms with Gasteiger partial charge < -0.3 is 10.1 Å². The van der Waals surface area contributed by atoms with E-state index >= 15 is 0 Å². The maximum Gasteiger partial charge on any atom is 0.126 e. The average Bonchev–Trinajstić information content (AvgIpc) is 2.43. The van der Waals surface area contributed by atoms with Crippen molar-refractivity contribution in [2.45, 2.75) is 12.5 Å². The van der Waals surface area contributed by atoms with Crippen LogP contribution in [-0.2, 0) is 4.74 Å². The fraction of sp³-hybridized carbons (Fsp3) is 0.455. The molecule has 0 spiro atoms. The van der Waals surface area contributed by atoms with Crippen LogP contribution in [-0.4, -0.2) is 19.7 Å². The standard InChI is InChI=1S/C11H13F2NO/c12-9-5-8(6-10(13)7-9)11-1-2-14-3-4-15-11/h5-7,11,14H,1-4H2. The van der Waals surface area contributed by atoms with E-state index in [0.717, 1.165) is 25.6 Å². The summed E-state index contributed by atoms with van der Waals surface area (Å²) >= 11 is 0. The molecule has 1 atom stereocenters. The molecule has 0 amide bonds. The first-order valence-electron chi connectivity index (χ1n) is 5.04. The van der Waals surface area contributed by atoms with Crippen molar-refractivity contribution in [1.29, 1.82) is 0 Å². The quantitative estimate of drug-likeness (QED) is 0.770. The highest BCUT2D eigenvalue weighted by atomic mass is 19.1. The minimum Gasteiger partial charge on any atom is -0.372 e. The van der Waals surface area contributed by atoms with Gasteiger partial charge in [0.15, 0.2) is 0 Å². The number of hydrogen-bond acceptors (Lipinski definition) is 2. The van der Waals surface area contributed by atoms with Crippen LogP contribution in [0.3, 0.4) is 0 Å². The molecule has 4 heteroatoms. The normalized spacial score (nSPS) is 22.4. The predicted octanol–water partition coefficient (Wildman–Crippen LogP) is 2.02. The Hall–Kier alpha value is -1.00. The monoisotopic (exact) mass is 213 g/mol. The van der Waals surface area contributed by atoms with E-state index in [2.05, 4.69) is 5.32 Å². The number of rotatable bonds is 1. The molecule has 1 aliphatic rings. The molecule has 2 nitrogen and oxygen atoms in total. The summed E-state index contributed by atoms with van der Waals surface area (Å²) in [5, 5.41) is 3.16. The van der Waals surface area contributed by atoms with E-state index < -0.39 is 11.6 Å². The third-order valence-electron chi connectivity index (χ3n) is 2.44. The first-order valence-corrected chi connectivity index (χ1v) is 5.04. The Bertz CT molecular complexity index is 315. The fourth-order valence-corrected chi connectivity index (χ4v) is 1.74. The van der Waals surface area contributed by atoms with E-state index in [9.17, 15) is 8.78 Å². The number of nitrogens with one attached hydrogen (secondary N) is 1. The number of hydrogen-bond donors (Lipinski definition) is 1. The second kappa shape index (κ2) is 4.68. The van der Waals surface area contributed by atoms with Crippen molar-refractivity contribution in [3.8, 4) is 0 Å². The molecule has 15 heavy (non-hydrogen) atoms. The summed E-state index contributed by atoms with van der Waals surface area (Å²) < 4.78 is 31.4. The molecule has 0 bridgehead atoms. The minimum absolute atomic E-state index is 0.204. The highest BCUT2D eigenvalue weighted by molar-refractivity contribution is 5.20. The topological polar surface area (TPSA) is 21.3 Å². The van der Waals surface area contributed by atoms with Gasteiger partial charge in [-0.2, -0.15) is 0 Å². The second-order valence-electron chi connectivity index (χ2n) is 3.60. The molecule has 1 aliphatic heterocycles. The van der Waals surface area contributed by atoms with E-state index in [1.807, 2.05) is 0 Å². The molecule has 0 saturated carbocycles. The van der Waals surface area contributed by atoms with Gasteiger partial charge >= 0.3 is 0 Å². The van der Waals surface area contributed by atoms with Gasteiger partial charge in [0.05, 0.1) is 12.7 Å². The summed E-state index contributed by atoms with van der Waals surface area (Å²) in [5.41, 5.74) is 0.580. The van der Waals surface area contributed by atoms with E-state index in [4.69, 9.17) is 4.74 Å². The molecule has 1 aromatic carbocycles. The van der Waals surface area contributed by atoms with Gasteiger partial charge in [-0.1, -0.05) is 0 Å². The Kier molecular flexibility index (Phi) is 3.28. The van der Waals surface area contributed by atoms with E-state index in [1.54, 1.807) is 0 Å². The van der Waals surface area contributed by atoms with Gasteiger partial charge in [0.25, 0.3) is 0 Å². The summed E-state index contributed by atoms with van der Waals surface area (Å²) in [6.07, 6.45) is 0.535. The lowest BCUT2D eigenvalue weighted by Crippen LogP contribution is -2.16. The lowest BCUT2D eigenvalue weighted by atomic mass is 10.1. The molecule has 0 aliphatic carbocycles. The van der Waals surface area contributed by atoms with Crippen molar-refractivity contribution in [1.82, 2.24) is 5.32 Å². The average molecular weight is 213 g/mol. The van der Waals surface area contributed by atoms with Crippen LogP contribution >= 0.6 is 0 Å². The number of ether oxygens (including phenoxy) is 1. The highest BCUT2D eigenvalue weighted by Crippen LogP contribution is 2.23. The van der Waals surface area contributed by atoms with Crippen molar-refractivity contribution in [3.63, 3.8) is 0 Å². The van der Waals surface area contributed by atoms with E-state index in [-0.39, 0.29) is 6.10 Å². The van der Waals surface area contributed by atoms with Gasteiger partial charge in [-0.25, -0.2) is 8.78 Å². The largest absolute Gasteiger partial charge is 0.372 e. The van der Waals surface area contributed by atoms with Crippen molar-refractivity contribution < 1.29 is 13.5 Å². The van der Waals surface area contributed by atoms with Crippen LogP contribution in [0.1, 0.15) is 18.1 Å². The van der Waals surface area contributed by atoms with Gasteiger partial charge in [-0.3, -0.25) is 0 Å². The van der Waals surface area contributed by atoms with Gasteiger partial charge in [0.2, 0.25) is 0 Å². The fourth-order valence-electron chi connectivity index (χ4n) is 1.74. The third kappa shape index (κ3) is 2.73. The number of benzene rings is 1. The second-order valence-corrected chi connectivity index (χ2v) is 3.60. The minimum atomic E-state index is -0.550. The van der Waals surface area contributed by atoms with Gasteiger partial charge in [0, 0.05) is 12.6 Å². The first kappa shape index (κ1) is 10.5. The summed E-state index contributed by atoms with van der Waals surface area (Å²) in [5.74, 6) is -1.10. The van der Waals surface area contributed by atoms with Crippen molar-refractivity contribution in [2.75, 3.05) is 19.7 Å². The van der Waals surface area contributed by atoms with Gasteiger partial charge in [0.1, 0.15) is 11.6 Å². The lowest BCUT2D eigenvalue weighted by Gasteiger charge is -2.14. The molecule has 1 N–H and O–H groups in total. The molecule has 1 fully saturated rings. The Morgan fingerprint density at radius 1 is 1.13 bits per heavy atom. The van der Waals surface area contributed by atoms with Gasteiger partial charge in [-0.05, 0) is 30.7 Å². The Labute approximate surface area is 87.2 Å². The number of halogens is 2. The summed E-state index contributed by atoms with van der Waals surface area (Å²) in [6.45, 7) is 2.17. The zero-order chi connectivity index (χ0) is 10.7. The van der Waals surface area contributed by atoms with Crippen LogP contribution in [0.2, 0.25) is 0 Å². The summed E-state index contributed by atoms with van der Waals surface area (Å²) in [7, 11) is 0. The van der Waals surface area contributed by atoms with Crippen LogP contribution in [0.4, 0.5) is 8.78 Å². The molecule has 0 aromatic heterocycles. The predicted molar refractivity (Wildman–Crippen MR) is 52.5 cm³/mol. The Morgan fingerprint density at radius 3 is 2.60 bits per heavy atom. The van der Waals surface area contributed by atoms with E-state index in [0.29, 0.717) is 12.2 Å². The zero-order valence-corrected chi connectivity index (χ0v) is 8.30. The van der Waals surface area contributed by atoms with Crippen molar-refractivity contribution >= 4 is 0 Å². The van der Waals surface area contributed by atoms with Crippen LogP contribution in [0.5, 0.6) is 0 Å². The zero-order valence-electron chi connectivity index (χ0n) is 8.30. The molecule has 1 unspecified atom stereocenters. The van der Waals surface area contributed by atoms with Crippen molar-refractivity contribution in [2.24, 2.45) is 0 Å². The molecular formula is C11H13F2NO. The molecule has 2 rings (SSSR count). The first-order chi connectivity index (χ1) is 7.25. The third-order valence-corrected chi connectivity index (χ3v) is 2.44. The molecule has 1 heterocycles. The van der Waals surface area contributed by atoms with E-state index in [1.165, 1.54) is 12.1 Å². The van der Waals surface area contributed by atoms with Crippen LogP contribution in [0.25, 0.3) is 0 Å². The Balaban J connectivity index is 2.19.